The largest absolute Gasteiger partial charge is 0.383 e. The van der Waals surface area contributed by atoms with E-state index < -0.39 is 0 Å². The molecule has 1 heterocycles. The van der Waals surface area contributed by atoms with Crippen molar-refractivity contribution in [1.29, 1.82) is 0 Å². The predicted molar refractivity (Wildman–Crippen MR) is 69.2 cm³/mol. The summed E-state index contributed by atoms with van der Waals surface area (Å²) >= 11 is 0. The molecule has 0 atom stereocenters. The summed E-state index contributed by atoms with van der Waals surface area (Å²) in [6, 6.07) is 0.333. The van der Waals surface area contributed by atoms with Gasteiger partial charge in [-0.2, -0.15) is 0 Å². The summed E-state index contributed by atoms with van der Waals surface area (Å²) in [6.45, 7) is 2.30. The highest BCUT2D eigenvalue weighted by molar-refractivity contribution is 5.08. The van der Waals surface area contributed by atoms with Gasteiger partial charge in [-0.05, 0) is 26.9 Å². The number of methoxy groups -OCH3 is 1. The Morgan fingerprint density at radius 1 is 1.39 bits per heavy atom. The normalized spacial score (nSPS) is 23.4. The van der Waals surface area contributed by atoms with Crippen LogP contribution in [-0.4, -0.2) is 53.5 Å². The van der Waals surface area contributed by atoms with Crippen LogP contribution in [0.2, 0.25) is 0 Å². The first-order chi connectivity index (χ1) is 8.61. The molecule has 1 aromatic rings. The van der Waals surface area contributed by atoms with Gasteiger partial charge in [-0.25, -0.2) is 0 Å². The maximum Gasteiger partial charge on any atom is 0.147 e. The van der Waals surface area contributed by atoms with E-state index in [-0.39, 0.29) is 0 Å². The first-order valence-electron chi connectivity index (χ1n) is 6.43. The van der Waals surface area contributed by atoms with Gasteiger partial charge in [0.2, 0.25) is 0 Å². The Morgan fingerprint density at radius 2 is 2.11 bits per heavy atom. The van der Waals surface area contributed by atoms with Crippen LogP contribution < -0.4 is 5.73 Å². The van der Waals surface area contributed by atoms with Gasteiger partial charge in [-0.3, -0.25) is 0 Å². The van der Waals surface area contributed by atoms with Crippen molar-refractivity contribution >= 4 is 0 Å². The van der Waals surface area contributed by atoms with Gasteiger partial charge in [0.15, 0.2) is 0 Å². The van der Waals surface area contributed by atoms with E-state index in [4.69, 9.17) is 10.5 Å². The molecule has 1 fully saturated rings. The van der Waals surface area contributed by atoms with E-state index in [9.17, 15) is 0 Å². The summed E-state index contributed by atoms with van der Waals surface area (Å²) < 4.78 is 7.36. The maximum atomic E-state index is 5.85. The SMILES string of the molecule is COCCn1c(CN(C)C)nnc1C1CC(N)C1. The Bertz CT molecular complexity index is 384. The van der Waals surface area contributed by atoms with Crippen LogP contribution >= 0.6 is 0 Å². The minimum absolute atomic E-state index is 0.333. The lowest BCUT2D eigenvalue weighted by atomic mass is 9.80. The smallest absolute Gasteiger partial charge is 0.147 e. The first-order valence-corrected chi connectivity index (χ1v) is 6.43. The molecule has 0 bridgehead atoms. The van der Waals surface area contributed by atoms with Crippen LogP contribution in [0.4, 0.5) is 0 Å². The summed E-state index contributed by atoms with van der Waals surface area (Å²) in [5.41, 5.74) is 5.85. The standard InChI is InChI=1S/C12H23N5O/c1-16(2)8-11-14-15-12(9-6-10(13)7-9)17(11)4-5-18-3/h9-10H,4-8,13H2,1-3H3. The Balaban J connectivity index is 2.14. The van der Waals surface area contributed by atoms with Gasteiger partial charge in [0.1, 0.15) is 11.6 Å². The lowest BCUT2D eigenvalue weighted by molar-refractivity contribution is 0.182. The molecule has 0 amide bonds. The Labute approximate surface area is 108 Å². The molecule has 1 saturated carbocycles. The van der Waals surface area contributed by atoms with Crippen molar-refractivity contribution in [2.24, 2.45) is 5.73 Å². The fourth-order valence-electron chi connectivity index (χ4n) is 2.35. The molecule has 2 rings (SSSR count). The molecule has 1 aliphatic carbocycles. The van der Waals surface area contributed by atoms with E-state index in [1.807, 2.05) is 14.1 Å². The molecular formula is C12H23N5O. The van der Waals surface area contributed by atoms with E-state index in [1.54, 1.807) is 7.11 Å². The molecule has 6 nitrogen and oxygen atoms in total. The van der Waals surface area contributed by atoms with Crippen molar-refractivity contribution in [2.75, 3.05) is 27.8 Å². The second kappa shape index (κ2) is 5.77. The summed E-state index contributed by atoms with van der Waals surface area (Å²) in [6.07, 6.45) is 2.04. The third kappa shape index (κ3) is 2.88. The van der Waals surface area contributed by atoms with Crippen molar-refractivity contribution in [3.05, 3.63) is 11.6 Å². The molecule has 18 heavy (non-hydrogen) atoms. The maximum absolute atomic E-state index is 5.85. The molecule has 1 aliphatic rings. The van der Waals surface area contributed by atoms with E-state index in [0.29, 0.717) is 18.6 Å². The zero-order valence-corrected chi connectivity index (χ0v) is 11.5. The highest BCUT2D eigenvalue weighted by atomic mass is 16.5. The number of hydrogen-bond donors (Lipinski definition) is 1. The molecule has 2 N–H and O–H groups in total. The summed E-state index contributed by atoms with van der Waals surface area (Å²) in [4.78, 5) is 2.10. The van der Waals surface area contributed by atoms with Crippen molar-refractivity contribution in [1.82, 2.24) is 19.7 Å². The molecule has 6 heteroatoms. The molecule has 0 spiro atoms. The highest BCUT2D eigenvalue weighted by Crippen LogP contribution is 2.34. The van der Waals surface area contributed by atoms with Crippen molar-refractivity contribution in [2.45, 2.75) is 37.9 Å². The number of ether oxygens (including phenoxy) is 1. The third-order valence-corrected chi connectivity index (χ3v) is 3.37. The molecule has 0 radical (unpaired) electrons. The van der Waals surface area contributed by atoms with Gasteiger partial charge < -0.3 is 19.9 Å². The summed E-state index contributed by atoms with van der Waals surface area (Å²) in [7, 11) is 5.79. The van der Waals surface area contributed by atoms with Crippen LogP contribution in [0, 0.1) is 0 Å². The van der Waals surface area contributed by atoms with Crippen LogP contribution in [0.15, 0.2) is 0 Å². The van der Waals surface area contributed by atoms with Gasteiger partial charge in [0.05, 0.1) is 13.2 Å². The number of rotatable bonds is 6. The molecule has 0 aliphatic heterocycles. The highest BCUT2D eigenvalue weighted by Gasteiger charge is 2.32. The molecular weight excluding hydrogens is 230 g/mol. The van der Waals surface area contributed by atoms with Gasteiger partial charge in [0, 0.05) is 25.6 Å². The van der Waals surface area contributed by atoms with Gasteiger partial charge in [0.25, 0.3) is 0 Å². The second-order valence-electron chi connectivity index (χ2n) is 5.29. The van der Waals surface area contributed by atoms with Crippen LogP contribution in [-0.2, 0) is 17.8 Å². The zero-order valence-electron chi connectivity index (χ0n) is 11.5. The van der Waals surface area contributed by atoms with E-state index in [0.717, 1.165) is 37.6 Å². The van der Waals surface area contributed by atoms with Crippen LogP contribution in [0.3, 0.4) is 0 Å². The van der Waals surface area contributed by atoms with Gasteiger partial charge in [-0.15, -0.1) is 10.2 Å². The minimum Gasteiger partial charge on any atom is -0.383 e. The lowest BCUT2D eigenvalue weighted by Gasteiger charge is -2.31. The lowest BCUT2D eigenvalue weighted by Crippen LogP contribution is -2.36. The molecule has 0 aromatic carbocycles. The Morgan fingerprint density at radius 3 is 2.67 bits per heavy atom. The Kier molecular flexibility index (Phi) is 4.31. The van der Waals surface area contributed by atoms with Crippen LogP contribution in [0.1, 0.15) is 30.4 Å². The van der Waals surface area contributed by atoms with Crippen LogP contribution in [0.25, 0.3) is 0 Å². The van der Waals surface area contributed by atoms with E-state index in [1.165, 1.54) is 0 Å². The monoisotopic (exact) mass is 253 g/mol. The molecule has 102 valence electrons. The number of aromatic nitrogens is 3. The molecule has 0 saturated heterocycles. The minimum atomic E-state index is 0.333. The fraction of sp³-hybridized carbons (Fsp3) is 0.833. The topological polar surface area (TPSA) is 69.2 Å². The number of nitrogens with two attached hydrogens (primary N) is 1. The van der Waals surface area contributed by atoms with E-state index >= 15 is 0 Å². The van der Waals surface area contributed by atoms with Gasteiger partial charge >= 0.3 is 0 Å². The van der Waals surface area contributed by atoms with Crippen molar-refractivity contribution in [3.63, 3.8) is 0 Å². The predicted octanol–water partition coefficient (Wildman–Crippen LogP) is 0.191. The van der Waals surface area contributed by atoms with Gasteiger partial charge in [-0.1, -0.05) is 0 Å². The average molecular weight is 253 g/mol. The summed E-state index contributed by atoms with van der Waals surface area (Å²) in [5.74, 6) is 2.55. The van der Waals surface area contributed by atoms with E-state index in [2.05, 4.69) is 19.7 Å². The Hall–Kier alpha value is -0.980. The average Bonchev–Trinajstić information content (AvgIpc) is 2.64. The van der Waals surface area contributed by atoms with Crippen molar-refractivity contribution < 1.29 is 4.74 Å². The molecule has 0 unspecified atom stereocenters. The third-order valence-electron chi connectivity index (χ3n) is 3.37. The fourth-order valence-corrected chi connectivity index (χ4v) is 2.35. The summed E-state index contributed by atoms with van der Waals surface area (Å²) in [5, 5.41) is 8.67. The first kappa shape index (κ1) is 13.5. The quantitative estimate of drug-likeness (QED) is 0.784. The molecule has 1 aromatic heterocycles. The van der Waals surface area contributed by atoms with Crippen molar-refractivity contribution in [3.8, 4) is 0 Å². The second-order valence-corrected chi connectivity index (χ2v) is 5.29. The number of hydrogen-bond acceptors (Lipinski definition) is 5. The zero-order chi connectivity index (χ0) is 13.1. The number of nitrogens with zero attached hydrogens (tertiary/aromatic N) is 4. The van der Waals surface area contributed by atoms with Crippen LogP contribution in [0.5, 0.6) is 0 Å².